The lowest BCUT2D eigenvalue weighted by Crippen LogP contribution is -2.14. The van der Waals surface area contributed by atoms with E-state index in [9.17, 15) is 9.18 Å². The van der Waals surface area contributed by atoms with Crippen LogP contribution in [0, 0.1) is 5.82 Å². The van der Waals surface area contributed by atoms with Gasteiger partial charge in [-0.3, -0.25) is 4.79 Å². The van der Waals surface area contributed by atoms with Gasteiger partial charge in [-0.05, 0) is 48.0 Å². The summed E-state index contributed by atoms with van der Waals surface area (Å²) in [5.74, 6) is -0.467. The number of nitrogens with zero attached hydrogens (tertiary/aromatic N) is 2. The molecular weight excluding hydrogens is 281 g/mol. The second-order valence-corrected chi connectivity index (χ2v) is 4.85. The Bertz CT molecular complexity index is 750. The Morgan fingerprint density at radius 1 is 1.09 bits per heavy atom. The highest BCUT2D eigenvalue weighted by molar-refractivity contribution is 5.92. The number of carbonyl (C=O) groups excluding carboxylic acids is 1. The minimum atomic E-state index is -0.327. The van der Waals surface area contributed by atoms with E-state index in [1.54, 1.807) is 10.9 Å². The van der Waals surface area contributed by atoms with E-state index >= 15 is 0 Å². The molecule has 0 radical (unpaired) electrons. The molecule has 3 aromatic rings. The molecule has 0 fully saturated rings. The van der Waals surface area contributed by atoms with Gasteiger partial charge in [-0.1, -0.05) is 12.1 Å². The van der Waals surface area contributed by atoms with Gasteiger partial charge in [0, 0.05) is 18.1 Å². The highest BCUT2D eigenvalue weighted by Crippen LogP contribution is 2.11. The summed E-state index contributed by atoms with van der Waals surface area (Å²) in [5, 5.41) is 6.88. The molecular formula is C17H14FN3O. The normalized spacial score (nSPS) is 10.4. The van der Waals surface area contributed by atoms with Crippen molar-refractivity contribution in [3.8, 4) is 5.69 Å². The van der Waals surface area contributed by atoms with Gasteiger partial charge >= 0.3 is 0 Å². The zero-order valence-corrected chi connectivity index (χ0v) is 11.7. The molecule has 0 aliphatic rings. The van der Waals surface area contributed by atoms with Gasteiger partial charge in [0.15, 0.2) is 0 Å². The summed E-state index contributed by atoms with van der Waals surface area (Å²) >= 11 is 0. The Labute approximate surface area is 127 Å². The van der Waals surface area contributed by atoms with Crippen LogP contribution in [-0.2, 0) is 11.2 Å². The number of nitrogens with one attached hydrogen (secondary N) is 1. The summed E-state index contributed by atoms with van der Waals surface area (Å²) in [7, 11) is 0. The van der Waals surface area contributed by atoms with Crippen molar-refractivity contribution in [2.45, 2.75) is 6.42 Å². The van der Waals surface area contributed by atoms with Crippen LogP contribution >= 0.6 is 0 Å². The molecule has 22 heavy (non-hydrogen) atoms. The minimum absolute atomic E-state index is 0.140. The predicted molar refractivity (Wildman–Crippen MR) is 82.3 cm³/mol. The first-order valence-electron chi connectivity index (χ1n) is 6.85. The van der Waals surface area contributed by atoms with Gasteiger partial charge in [0.1, 0.15) is 5.82 Å². The first-order valence-corrected chi connectivity index (χ1v) is 6.85. The Morgan fingerprint density at radius 3 is 2.45 bits per heavy atom. The van der Waals surface area contributed by atoms with Crippen molar-refractivity contribution < 1.29 is 9.18 Å². The van der Waals surface area contributed by atoms with Gasteiger partial charge in [0.25, 0.3) is 0 Å². The van der Waals surface area contributed by atoms with Gasteiger partial charge in [-0.25, -0.2) is 9.07 Å². The van der Waals surface area contributed by atoms with Gasteiger partial charge < -0.3 is 5.32 Å². The Kier molecular flexibility index (Phi) is 3.96. The molecule has 0 bridgehead atoms. The summed E-state index contributed by atoms with van der Waals surface area (Å²) in [6.07, 6.45) is 3.83. The molecule has 0 aliphatic heterocycles. The molecule has 1 aromatic heterocycles. The van der Waals surface area contributed by atoms with E-state index in [1.165, 1.54) is 24.3 Å². The second kappa shape index (κ2) is 6.22. The van der Waals surface area contributed by atoms with Crippen molar-refractivity contribution in [2.24, 2.45) is 0 Å². The molecule has 0 atom stereocenters. The number of carbonyl (C=O) groups is 1. The Morgan fingerprint density at radius 2 is 1.82 bits per heavy atom. The maximum absolute atomic E-state index is 12.8. The number of aromatic nitrogens is 2. The molecule has 0 saturated carbocycles. The van der Waals surface area contributed by atoms with E-state index in [2.05, 4.69) is 10.4 Å². The van der Waals surface area contributed by atoms with Crippen molar-refractivity contribution in [1.29, 1.82) is 0 Å². The van der Waals surface area contributed by atoms with E-state index in [0.717, 1.165) is 11.3 Å². The average molecular weight is 295 g/mol. The van der Waals surface area contributed by atoms with Gasteiger partial charge in [-0.2, -0.15) is 5.10 Å². The summed E-state index contributed by atoms with van der Waals surface area (Å²) in [6, 6.07) is 15.2. The average Bonchev–Trinajstić information content (AvgIpc) is 3.05. The first kappa shape index (κ1) is 14.0. The zero-order valence-electron chi connectivity index (χ0n) is 11.7. The smallest absolute Gasteiger partial charge is 0.228 e. The van der Waals surface area contributed by atoms with Crippen molar-refractivity contribution in [3.63, 3.8) is 0 Å². The van der Waals surface area contributed by atoms with E-state index in [-0.39, 0.29) is 18.1 Å². The molecule has 0 aliphatic carbocycles. The number of hydrogen-bond donors (Lipinski definition) is 1. The number of halogens is 1. The van der Waals surface area contributed by atoms with Crippen LogP contribution in [0.5, 0.6) is 0 Å². The molecule has 0 spiro atoms. The summed E-state index contributed by atoms with van der Waals surface area (Å²) in [5.41, 5.74) is 2.42. The van der Waals surface area contributed by atoms with Crippen molar-refractivity contribution in [1.82, 2.24) is 9.78 Å². The first-order chi connectivity index (χ1) is 10.7. The summed E-state index contributed by atoms with van der Waals surface area (Å²) < 4.78 is 14.6. The second-order valence-electron chi connectivity index (χ2n) is 4.85. The number of rotatable bonds is 4. The fourth-order valence-corrected chi connectivity index (χ4v) is 2.11. The Hall–Kier alpha value is -2.95. The third-order valence-corrected chi connectivity index (χ3v) is 3.20. The topological polar surface area (TPSA) is 46.9 Å². The van der Waals surface area contributed by atoms with Crippen LogP contribution in [0.2, 0.25) is 0 Å². The monoisotopic (exact) mass is 295 g/mol. The standard InChI is InChI=1S/C17H14FN3O/c18-14-4-6-15(7-5-14)20-17(22)12-13-2-8-16(9-3-13)21-11-1-10-19-21/h1-11H,12H2,(H,20,22). The summed E-state index contributed by atoms with van der Waals surface area (Å²) in [6.45, 7) is 0. The highest BCUT2D eigenvalue weighted by atomic mass is 19.1. The van der Waals surface area contributed by atoms with Crippen LogP contribution in [0.25, 0.3) is 5.69 Å². The van der Waals surface area contributed by atoms with E-state index in [1.807, 2.05) is 36.5 Å². The molecule has 5 heteroatoms. The zero-order chi connectivity index (χ0) is 15.4. The van der Waals surface area contributed by atoms with Crippen molar-refractivity contribution in [2.75, 3.05) is 5.32 Å². The maximum Gasteiger partial charge on any atom is 0.228 e. The lowest BCUT2D eigenvalue weighted by molar-refractivity contribution is -0.115. The number of anilines is 1. The molecule has 0 saturated heterocycles. The largest absolute Gasteiger partial charge is 0.326 e. The maximum atomic E-state index is 12.8. The fourth-order valence-electron chi connectivity index (χ4n) is 2.11. The molecule has 1 N–H and O–H groups in total. The van der Waals surface area contributed by atoms with Crippen LogP contribution in [0.15, 0.2) is 67.0 Å². The number of benzene rings is 2. The van der Waals surface area contributed by atoms with E-state index in [0.29, 0.717) is 5.69 Å². The fraction of sp³-hybridized carbons (Fsp3) is 0.0588. The van der Waals surface area contributed by atoms with Crippen LogP contribution in [0.1, 0.15) is 5.56 Å². The van der Waals surface area contributed by atoms with E-state index < -0.39 is 0 Å². The molecule has 3 rings (SSSR count). The van der Waals surface area contributed by atoms with Gasteiger partial charge in [0.2, 0.25) is 5.91 Å². The predicted octanol–water partition coefficient (Wildman–Crippen LogP) is 3.19. The quantitative estimate of drug-likeness (QED) is 0.803. The molecule has 4 nitrogen and oxygen atoms in total. The molecule has 2 aromatic carbocycles. The van der Waals surface area contributed by atoms with Crippen LogP contribution < -0.4 is 5.32 Å². The van der Waals surface area contributed by atoms with Crippen LogP contribution in [-0.4, -0.2) is 15.7 Å². The highest BCUT2D eigenvalue weighted by Gasteiger charge is 2.05. The van der Waals surface area contributed by atoms with Gasteiger partial charge in [-0.15, -0.1) is 0 Å². The minimum Gasteiger partial charge on any atom is -0.326 e. The van der Waals surface area contributed by atoms with Crippen molar-refractivity contribution in [3.05, 3.63) is 78.4 Å². The van der Waals surface area contributed by atoms with Crippen molar-refractivity contribution >= 4 is 11.6 Å². The SMILES string of the molecule is O=C(Cc1ccc(-n2cccn2)cc1)Nc1ccc(F)cc1. The molecule has 0 unspecified atom stereocenters. The lowest BCUT2D eigenvalue weighted by Gasteiger charge is -2.06. The molecule has 1 heterocycles. The molecule has 110 valence electrons. The number of hydrogen-bond acceptors (Lipinski definition) is 2. The lowest BCUT2D eigenvalue weighted by atomic mass is 10.1. The van der Waals surface area contributed by atoms with Crippen LogP contribution in [0.3, 0.4) is 0 Å². The van der Waals surface area contributed by atoms with E-state index in [4.69, 9.17) is 0 Å². The third-order valence-electron chi connectivity index (χ3n) is 3.20. The van der Waals surface area contributed by atoms with Crippen LogP contribution in [0.4, 0.5) is 10.1 Å². The third kappa shape index (κ3) is 3.38. The number of amides is 1. The molecule has 1 amide bonds. The Balaban J connectivity index is 1.63. The van der Waals surface area contributed by atoms with Gasteiger partial charge in [0.05, 0.1) is 12.1 Å². The summed E-state index contributed by atoms with van der Waals surface area (Å²) in [4.78, 5) is 12.0.